The minimum atomic E-state index is -0.913. The molecule has 0 bridgehead atoms. The van der Waals surface area contributed by atoms with E-state index < -0.39 is 5.97 Å². The molecule has 1 aromatic carbocycles. The Kier molecular flexibility index (Phi) is 4.06. The molecule has 1 aromatic heterocycles. The number of aliphatic carboxylic acids is 1. The Morgan fingerprint density at radius 2 is 2.16 bits per heavy atom. The number of carboxylic acid groups (broad SMARTS) is 1. The van der Waals surface area contributed by atoms with Crippen molar-refractivity contribution in [1.82, 2.24) is 14.9 Å². The Morgan fingerprint density at radius 1 is 1.42 bits per heavy atom. The quantitative estimate of drug-likeness (QED) is 0.796. The van der Waals surface area contributed by atoms with E-state index in [2.05, 4.69) is 10.3 Å². The van der Waals surface area contributed by atoms with Crippen LogP contribution in [0.5, 0.6) is 0 Å². The van der Waals surface area contributed by atoms with Crippen LogP contribution in [0.15, 0.2) is 29.4 Å². The highest BCUT2D eigenvalue weighted by atomic mass is 32.2. The Labute approximate surface area is 113 Å². The maximum absolute atomic E-state index is 11.5. The van der Waals surface area contributed by atoms with Gasteiger partial charge < -0.3 is 15.0 Å². The number of carboxylic acids is 1. The first-order valence-corrected chi connectivity index (χ1v) is 6.61. The van der Waals surface area contributed by atoms with Crippen molar-refractivity contribution < 1.29 is 14.7 Å². The van der Waals surface area contributed by atoms with Gasteiger partial charge in [-0.25, -0.2) is 4.98 Å². The zero-order chi connectivity index (χ0) is 13.8. The number of rotatable bonds is 5. The molecule has 100 valence electrons. The monoisotopic (exact) mass is 279 g/mol. The molecule has 7 heteroatoms. The molecule has 19 heavy (non-hydrogen) atoms. The standard InChI is InChI=1S/C12H13N3O3S/c1-13-10(16)6-15-9-5-3-2-4-8(9)14-12(15)19-7-11(17)18/h2-5H,6-7H2,1H3,(H,13,16)(H,17,18). The van der Waals surface area contributed by atoms with Gasteiger partial charge >= 0.3 is 5.97 Å². The van der Waals surface area contributed by atoms with Gasteiger partial charge in [0.15, 0.2) is 5.16 Å². The van der Waals surface area contributed by atoms with E-state index >= 15 is 0 Å². The lowest BCUT2D eigenvalue weighted by atomic mass is 10.3. The normalized spacial score (nSPS) is 10.6. The van der Waals surface area contributed by atoms with E-state index in [1.54, 1.807) is 11.6 Å². The van der Waals surface area contributed by atoms with Crippen molar-refractivity contribution in [2.24, 2.45) is 0 Å². The van der Waals surface area contributed by atoms with Crippen LogP contribution in [0.25, 0.3) is 11.0 Å². The van der Waals surface area contributed by atoms with Crippen LogP contribution in [0.1, 0.15) is 0 Å². The third-order valence-electron chi connectivity index (χ3n) is 2.52. The number of amides is 1. The SMILES string of the molecule is CNC(=O)Cn1c(SCC(=O)O)nc2ccccc21. The molecule has 0 saturated carbocycles. The maximum atomic E-state index is 11.5. The minimum Gasteiger partial charge on any atom is -0.481 e. The van der Waals surface area contributed by atoms with Gasteiger partial charge in [0.25, 0.3) is 0 Å². The van der Waals surface area contributed by atoms with E-state index in [4.69, 9.17) is 5.11 Å². The van der Waals surface area contributed by atoms with Crippen LogP contribution in [0.3, 0.4) is 0 Å². The highest BCUT2D eigenvalue weighted by molar-refractivity contribution is 7.99. The summed E-state index contributed by atoms with van der Waals surface area (Å²) in [5.74, 6) is -1.15. The number of imidazole rings is 1. The smallest absolute Gasteiger partial charge is 0.313 e. The van der Waals surface area contributed by atoms with Crippen LogP contribution in [0.2, 0.25) is 0 Å². The van der Waals surface area contributed by atoms with Gasteiger partial charge in [-0.05, 0) is 12.1 Å². The molecule has 6 nitrogen and oxygen atoms in total. The van der Waals surface area contributed by atoms with Crippen LogP contribution in [-0.2, 0) is 16.1 Å². The first-order chi connectivity index (χ1) is 9.11. The second kappa shape index (κ2) is 5.75. The number of nitrogens with zero attached hydrogens (tertiary/aromatic N) is 2. The molecule has 2 aromatic rings. The molecule has 0 spiro atoms. The number of aromatic nitrogens is 2. The first kappa shape index (κ1) is 13.4. The number of carbonyl (C=O) groups is 2. The van der Waals surface area contributed by atoms with Crippen LogP contribution in [0.4, 0.5) is 0 Å². The summed E-state index contributed by atoms with van der Waals surface area (Å²) in [5.41, 5.74) is 1.57. The van der Waals surface area contributed by atoms with Gasteiger partial charge in [-0.2, -0.15) is 0 Å². The number of likely N-dealkylation sites (N-methyl/N-ethyl adjacent to an activating group) is 1. The fourth-order valence-corrected chi connectivity index (χ4v) is 2.40. The largest absolute Gasteiger partial charge is 0.481 e. The van der Waals surface area contributed by atoms with Crippen LogP contribution in [0, 0.1) is 0 Å². The van der Waals surface area contributed by atoms with E-state index in [1.165, 1.54) is 0 Å². The Hall–Kier alpha value is -2.02. The lowest BCUT2D eigenvalue weighted by Crippen LogP contribution is -2.23. The molecule has 0 radical (unpaired) electrons. The molecule has 1 amide bonds. The zero-order valence-electron chi connectivity index (χ0n) is 10.3. The summed E-state index contributed by atoms with van der Waals surface area (Å²) in [6.07, 6.45) is 0. The molecule has 1 heterocycles. The van der Waals surface area contributed by atoms with Gasteiger partial charge in [-0.15, -0.1) is 0 Å². The molecule has 0 fully saturated rings. The van der Waals surface area contributed by atoms with Gasteiger partial charge in [0.1, 0.15) is 6.54 Å². The Bertz CT molecular complexity index is 624. The van der Waals surface area contributed by atoms with Gasteiger partial charge in [0.05, 0.1) is 16.8 Å². The molecule has 0 aliphatic carbocycles. The summed E-state index contributed by atoms with van der Waals surface area (Å²) in [6, 6.07) is 7.40. The zero-order valence-corrected chi connectivity index (χ0v) is 11.1. The van der Waals surface area contributed by atoms with Gasteiger partial charge in [0, 0.05) is 7.05 Å². The number of carbonyl (C=O) groups excluding carboxylic acids is 1. The van der Waals surface area contributed by atoms with E-state index in [1.807, 2.05) is 24.3 Å². The van der Waals surface area contributed by atoms with E-state index in [9.17, 15) is 9.59 Å². The summed E-state index contributed by atoms with van der Waals surface area (Å²) in [6.45, 7) is 0.124. The molecule has 2 N–H and O–H groups in total. The summed E-state index contributed by atoms with van der Waals surface area (Å²) in [5, 5.41) is 11.8. The molecular weight excluding hydrogens is 266 g/mol. The summed E-state index contributed by atoms with van der Waals surface area (Å²) >= 11 is 1.11. The molecule has 2 rings (SSSR count). The first-order valence-electron chi connectivity index (χ1n) is 5.62. The van der Waals surface area contributed by atoms with E-state index in [0.29, 0.717) is 5.16 Å². The lowest BCUT2D eigenvalue weighted by molar-refractivity contribution is -0.133. The third kappa shape index (κ3) is 3.05. The minimum absolute atomic E-state index is 0.0862. The van der Waals surface area contributed by atoms with Crippen LogP contribution in [-0.4, -0.2) is 39.3 Å². The van der Waals surface area contributed by atoms with E-state index in [-0.39, 0.29) is 18.2 Å². The van der Waals surface area contributed by atoms with Crippen LogP contribution >= 0.6 is 11.8 Å². The van der Waals surface area contributed by atoms with Gasteiger partial charge in [-0.1, -0.05) is 23.9 Å². The fraction of sp³-hybridized carbons (Fsp3) is 0.250. The van der Waals surface area contributed by atoms with Crippen molar-refractivity contribution in [2.45, 2.75) is 11.7 Å². The molecule has 0 atom stereocenters. The van der Waals surface area contributed by atoms with Crippen molar-refractivity contribution in [1.29, 1.82) is 0 Å². The Morgan fingerprint density at radius 3 is 2.84 bits per heavy atom. The lowest BCUT2D eigenvalue weighted by Gasteiger charge is -2.06. The fourth-order valence-electron chi connectivity index (χ4n) is 1.67. The van der Waals surface area contributed by atoms with E-state index in [0.717, 1.165) is 22.8 Å². The van der Waals surface area contributed by atoms with Crippen LogP contribution < -0.4 is 5.32 Å². The molecule has 0 saturated heterocycles. The highest BCUT2D eigenvalue weighted by Gasteiger charge is 2.14. The molecule has 0 unspecified atom stereocenters. The number of hydrogen-bond acceptors (Lipinski definition) is 4. The summed E-state index contributed by atoms with van der Waals surface area (Å²) in [4.78, 5) is 26.5. The van der Waals surface area contributed by atoms with Crippen molar-refractivity contribution >= 4 is 34.7 Å². The number of benzene rings is 1. The number of fused-ring (bicyclic) bond motifs is 1. The second-order valence-electron chi connectivity index (χ2n) is 3.82. The van der Waals surface area contributed by atoms with Gasteiger partial charge in [-0.3, -0.25) is 9.59 Å². The maximum Gasteiger partial charge on any atom is 0.313 e. The predicted molar refractivity (Wildman–Crippen MR) is 72.2 cm³/mol. The van der Waals surface area contributed by atoms with Crippen molar-refractivity contribution in [3.63, 3.8) is 0 Å². The number of nitrogens with one attached hydrogen (secondary N) is 1. The number of thioether (sulfide) groups is 1. The Balaban J connectivity index is 2.39. The molecule has 0 aliphatic rings. The average Bonchev–Trinajstić information content (AvgIpc) is 2.74. The number of hydrogen-bond donors (Lipinski definition) is 2. The summed E-state index contributed by atoms with van der Waals surface area (Å²) in [7, 11) is 1.56. The average molecular weight is 279 g/mol. The van der Waals surface area contributed by atoms with Crippen molar-refractivity contribution in [3.05, 3.63) is 24.3 Å². The predicted octanol–water partition coefficient (Wildman–Crippen LogP) is 0.959. The second-order valence-corrected chi connectivity index (χ2v) is 4.77. The summed E-state index contributed by atoms with van der Waals surface area (Å²) < 4.78 is 1.72. The van der Waals surface area contributed by atoms with Gasteiger partial charge in [0.2, 0.25) is 5.91 Å². The van der Waals surface area contributed by atoms with Crippen molar-refractivity contribution in [2.75, 3.05) is 12.8 Å². The highest BCUT2D eigenvalue weighted by Crippen LogP contribution is 2.23. The molecule has 0 aliphatic heterocycles. The third-order valence-corrected chi connectivity index (χ3v) is 3.49. The number of para-hydroxylation sites is 2. The van der Waals surface area contributed by atoms with Crippen molar-refractivity contribution in [3.8, 4) is 0 Å². The topological polar surface area (TPSA) is 84.2 Å². The molecular formula is C12H13N3O3S.